The maximum Gasteiger partial charge on any atom is 0.573 e. The summed E-state index contributed by atoms with van der Waals surface area (Å²) in [4.78, 5) is 43.4. The molecule has 0 saturated carbocycles. The fraction of sp³-hybridized carbons (Fsp3) is 0.567. The molecule has 15 heteroatoms. The quantitative estimate of drug-likeness (QED) is 0.211. The summed E-state index contributed by atoms with van der Waals surface area (Å²) in [5, 5.41) is 48.8. The maximum atomic E-state index is 14.2. The first-order chi connectivity index (χ1) is 21.1. The number of benzene rings is 1. The summed E-state index contributed by atoms with van der Waals surface area (Å²) in [6, 6.07) is -1.54. The summed E-state index contributed by atoms with van der Waals surface area (Å²) >= 11 is 0. The number of ketones is 2. The average molecular weight is 635 g/mol. The van der Waals surface area contributed by atoms with E-state index in [0.29, 0.717) is 13.1 Å². The number of nitrogens with zero attached hydrogens (tertiary/aromatic N) is 2. The van der Waals surface area contributed by atoms with E-state index in [0.717, 1.165) is 19.3 Å². The van der Waals surface area contributed by atoms with Crippen molar-refractivity contribution in [2.24, 2.45) is 23.5 Å². The van der Waals surface area contributed by atoms with Gasteiger partial charge in [0.25, 0.3) is 5.91 Å². The van der Waals surface area contributed by atoms with Crippen molar-refractivity contribution in [3.05, 3.63) is 39.4 Å². The first-order valence-electron chi connectivity index (χ1n) is 14.9. The molecule has 3 heterocycles. The van der Waals surface area contributed by atoms with Gasteiger partial charge in [-0.3, -0.25) is 24.2 Å². The van der Waals surface area contributed by atoms with Crippen LogP contribution in [0.3, 0.4) is 0 Å². The Hall–Kier alpha value is -3.82. The lowest BCUT2D eigenvalue weighted by Crippen LogP contribution is -2.63. The van der Waals surface area contributed by atoms with Crippen LogP contribution in [-0.4, -0.2) is 98.9 Å². The van der Waals surface area contributed by atoms with E-state index >= 15 is 0 Å². The van der Waals surface area contributed by atoms with Crippen molar-refractivity contribution in [1.82, 2.24) is 9.80 Å². The number of nitrogens with one attached hydrogen (secondary N) is 1. The van der Waals surface area contributed by atoms with Gasteiger partial charge in [0.15, 0.2) is 17.1 Å². The lowest BCUT2D eigenvalue weighted by Gasteiger charge is -2.50. The molecule has 0 radical (unpaired) electrons. The number of alkyl halides is 3. The predicted molar refractivity (Wildman–Crippen MR) is 149 cm³/mol. The highest BCUT2D eigenvalue weighted by Crippen LogP contribution is 2.60. The van der Waals surface area contributed by atoms with Crippen molar-refractivity contribution in [1.29, 1.82) is 0 Å². The van der Waals surface area contributed by atoms with Gasteiger partial charge in [-0.1, -0.05) is 0 Å². The fourth-order valence-electron chi connectivity index (χ4n) is 9.12. The van der Waals surface area contributed by atoms with Crippen molar-refractivity contribution < 1.29 is 52.7 Å². The lowest BCUT2D eigenvalue weighted by atomic mass is 9.58. The zero-order valence-electron chi connectivity index (χ0n) is 24.4. The Labute approximate surface area is 254 Å². The number of carbonyl (C=O) groups is 3. The molecular formula is C30H33F3N4O8. The minimum atomic E-state index is -5.14. The van der Waals surface area contributed by atoms with Gasteiger partial charge in [-0.25, -0.2) is 0 Å². The Balaban J connectivity index is 1.44. The van der Waals surface area contributed by atoms with Crippen molar-refractivity contribution in [3.63, 3.8) is 0 Å². The average Bonchev–Trinajstić information content (AvgIpc) is 3.53. The van der Waals surface area contributed by atoms with E-state index in [-0.39, 0.29) is 41.6 Å². The highest BCUT2D eigenvalue weighted by molar-refractivity contribution is 6.25. The molecular weight excluding hydrogens is 601 g/mol. The third-order valence-electron chi connectivity index (χ3n) is 10.7. The van der Waals surface area contributed by atoms with Crippen molar-refractivity contribution in [2.45, 2.75) is 62.2 Å². The van der Waals surface area contributed by atoms with E-state index in [1.807, 2.05) is 0 Å². The maximum absolute atomic E-state index is 14.2. The number of primary amides is 1. The largest absolute Gasteiger partial charge is 0.573 e. The molecule has 3 aliphatic heterocycles. The Morgan fingerprint density at radius 3 is 2.53 bits per heavy atom. The van der Waals surface area contributed by atoms with Gasteiger partial charge in [0.05, 0.1) is 17.3 Å². The number of allylic oxidation sites excluding steroid dienone is 1. The molecule has 7 atom stereocenters. The number of Topliss-reactive ketones (excluding diaryl/α,β-unsaturated/α-hetero) is 2. The van der Waals surface area contributed by atoms with Crippen LogP contribution in [0.5, 0.6) is 11.5 Å². The summed E-state index contributed by atoms with van der Waals surface area (Å²) in [5.74, 6) is -9.26. The summed E-state index contributed by atoms with van der Waals surface area (Å²) in [5.41, 5.74) is 0.437. The number of hydrogen-bond acceptors (Lipinski definition) is 11. The molecule has 12 nitrogen and oxygen atoms in total. The van der Waals surface area contributed by atoms with Crippen LogP contribution in [0, 0.1) is 17.8 Å². The summed E-state index contributed by atoms with van der Waals surface area (Å²) in [7, 11) is 2.98. The molecule has 3 aliphatic carbocycles. The van der Waals surface area contributed by atoms with Crippen LogP contribution < -0.4 is 15.8 Å². The minimum Gasteiger partial charge on any atom is -0.510 e. The summed E-state index contributed by atoms with van der Waals surface area (Å²) < 4.78 is 47.0. The Bertz CT molecular complexity index is 1640. The molecule has 3 unspecified atom stereocenters. The van der Waals surface area contributed by atoms with Crippen LogP contribution in [0.15, 0.2) is 22.7 Å². The van der Waals surface area contributed by atoms with Crippen molar-refractivity contribution in [3.8, 4) is 11.5 Å². The number of phenolic OH excluding ortho intramolecular Hbond substituents is 1. The Morgan fingerprint density at radius 1 is 1.18 bits per heavy atom. The normalized spacial score (nSPS) is 34.1. The number of ether oxygens (including phenoxy) is 1. The second-order valence-electron chi connectivity index (χ2n) is 13.2. The Morgan fingerprint density at radius 2 is 1.89 bits per heavy atom. The second kappa shape index (κ2) is 9.59. The minimum absolute atomic E-state index is 0.0531. The third kappa shape index (κ3) is 3.92. The van der Waals surface area contributed by atoms with E-state index in [9.17, 15) is 48.0 Å². The fourth-order valence-corrected chi connectivity index (χ4v) is 9.12. The van der Waals surface area contributed by atoms with Gasteiger partial charge in [0.1, 0.15) is 22.8 Å². The van der Waals surface area contributed by atoms with E-state index in [2.05, 4.69) is 10.2 Å². The molecule has 1 aromatic carbocycles. The summed E-state index contributed by atoms with van der Waals surface area (Å²) in [6.45, 7) is 1.02. The van der Waals surface area contributed by atoms with Gasteiger partial charge >= 0.3 is 6.36 Å². The molecule has 7 N–H and O–H groups in total. The number of phenols is 1. The number of anilines is 1. The molecule has 1 aromatic rings. The van der Waals surface area contributed by atoms with Gasteiger partial charge in [0, 0.05) is 41.2 Å². The molecule has 242 valence electrons. The standard InChI is InChI=1S/C30H33F3N4O8/c1-36(2)21-14-8-10-7-13-16(22(38)15(10)26(41)29(14,44)27(42)18(24(21)40)28(34)43)23(39)19-17(25(13)45-30(31,32)33)20-11(9-35-19)6-12-4-3-5-37(12)20/h10-12,14,20-21,35,39-41,44H,3-9H2,1-2H3,(H2,34,43)/t10-,11?,12?,14-,20?,21-,29+/m1/s1. The van der Waals surface area contributed by atoms with Crippen LogP contribution in [0.1, 0.15) is 53.2 Å². The zero-order chi connectivity index (χ0) is 32.5. The van der Waals surface area contributed by atoms with Gasteiger partial charge in [0.2, 0.25) is 5.78 Å². The highest BCUT2D eigenvalue weighted by atomic mass is 19.4. The highest BCUT2D eigenvalue weighted by Gasteiger charge is 2.64. The van der Waals surface area contributed by atoms with Crippen LogP contribution in [0.4, 0.5) is 18.9 Å². The molecule has 2 saturated heterocycles. The topological polar surface area (TPSA) is 186 Å². The monoisotopic (exact) mass is 634 g/mol. The smallest absolute Gasteiger partial charge is 0.510 e. The molecule has 0 spiro atoms. The van der Waals surface area contributed by atoms with Gasteiger partial charge in [-0.15, -0.1) is 13.2 Å². The van der Waals surface area contributed by atoms with Gasteiger partial charge in [-0.2, -0.15) is 0 Å². The SMILES string of the molecule is CN(C)[C@H]1C(O)=C(C(N)=O)C(=O)[C@@]2(O)C(O)=C3C(=O)c4c(O)c5c(c(OC(F)(F)F)c4C[C@@H]3C[C@H]12)C1C(CN5)CC2CCCN21. The lowest BCUT2D eigenvalue weighted by molar-refractivity contribution is -0.275. The van der Waals surface area contributed by atoms with Crippen molar-refractivity contribution >= 4 is 23.2 Å². The number of rotatable bonds is 3. The molecule has 0 bridgehead atoms. The number of carbonyl (C=O) groups excluding carboxylic acids is 3. The van der Waals surface area contributed by atoms with Gasteiger partial charge < -0.3 is 36.2 Å². The van der Waals surface area contributed by atoms with Crippen molar-refractivity contribution in [2.75, 3.05) is 32.5 Å². The van der Waals surface area contributed by atoms with Crippen LogP contribution >= 0.6 is 0 Å². The van der Waals surface area contributed by atoms with Crippen LogP contribution in [-0.2, 0) is 16.0 Å². The number of likely N-dealkylation sites (N-methyl/N-ethyl adjacent to an activating group) is 1. The van der Waals surface area contributed by atoms with E-state index in [1.54, 1.807) is 0 Å². The number of halogens is 3. The molecule has 0 aromatic heterocycles. The number of nitrogens with two attached hydrogens (primary N) is 1. The van der Waals surface area contributed by atoms with Crippen LogP contribution in [0.2, 0.25) is 0 Å². The summed E-state index contributed by atoms with van der Waals surface area (Å²) in [6.07, 6.45) is -3.18. The predicted octanol–water partition coefficient (Wildman–Crippen LogP) is 1.97. The number of aliphatic hydroxyl groups is 3. The molecule has 6 aliphatic rings. The van der Waals surface area contributed by atoms with E-state index < -0.39 is 93.1 Å². The zero-order valence-corrected chi connectivity index (χ0v) is 24.4. The number of aliphatic hydroxyl groups excluding tert-OH is 2. The number of hydrogen-bond donors (Lipinski definition) is 6. The van der Waals surface area contributed by atoms with E-state index in [4.69, 9.17) is 10.5 Å². The first kappa shape index (κ1) is 29.9. The van der Waals surface area contributed by atoms with Crippen LogP contribution in [0.25, 0.3) is 0 Å². The van der Waals surface area contributed by atoms with Gasteiger partial charge in [-0.05, 0) is 64.6 Å². The number of aromatic hydroxyl groups is 1. The van der Waals surface area contributed by atoms with E-state index in [1.165, 1.54) is 19.0 Å². The first-order valence-corrected chi connectivity index (χ1v) is 14.9. The Kier molecular flexibility index (Phi) is 6.37. The number of amides is 1. The molecule has 2 fully saturated rings. The third-order valence-corrected chi connectivity index (χ3v) is 10.7. The number of fused-ring (bicyclic) bond motifs is 8. The molecule has 1 amide bonds. The molecule has 45 heavy (non-hydrogen) atoms. The second-order valence-corrected chi connectivity index (χ2v) is 13.2. The molecule has 7 rings (SSSR count).